The highest BCUT2D eigenvalue weighted by atomic mass is 16.5. The van der Waals surface area contributed by atoms with Crippen molar-refractivity contribution in [1.29, 1.82) is 0 Å². The van der Waals surface area contributed by atoms with Crippen LogP contribution in [0, 0.1) is 0 Å². The first kappa shape index (κ1) is 23.3. The molecule has 6 rings (SSSR count). The van der Waals surface area contributed by atoms with Crippen LogP contribution in [0.15, 0.2) is 85.2 Å². The van der Waals surface area contributed by atoms with Crippen molar-refractivity contribution >= 4 is 10.8 Å². The van der Waals surface area contributed by atoms with E-state index in [0.717, 1.165) is 69.0 Å². The molecule has 6 heteroatoms. The number of fused-ring (bicyclic) bond motifs is 2. The first-order valence-corrected chi connectivity index (χ1v) is 12.5. The van der Waals surface area contributed by atoms with E-state index in [0.29, 0.717) is 13.2 Å². The largest absolute Gasteiger partial charge is 0.497 e. The van der Waals surface area contributed by atoms with Gasteiger partial charge < -0.3 is 18.8 Å². The van der Waals surface area contributed by atoms with E-state index >= 15 is 0 Å². The standard InChI is InChI=1S/C31H29N3O3/c1-35-27-9-3-21(4-10-27)19-37-20-26-8-12-29-33-30(31(34(26)29)22-13-15-32-16-14-22)25-6-5-24-18-28(36-2)11-7-23(24)17-25/h3-7,9-11,13-18,26H,8,12,19-20H2,1-2H3. The SMILES string of the molecule is COc1ccc(COCC2CCc3nc(-c4ccc5cc(OC)ccc5c4)c(-c4ccncc4)n32)cc1. The zero-order valence-corrected chi connectivity index (χ0v) is 21.1. The molecule has 5 aromatic rings. The van der Waals surface area contributed by atoms with Crippen LogP contribution in [0.25, 0.3) is 33.3 Å². The lowest BCUT2D eigenvalue weighted by Crippen LogP contribution is -2.13. The van der Waals surface area contributed by atoms with Crippen molar-refractivity contribution in [2.24, 2.45) is 0 Å². The lowest BCUT2D eigenvalue weighted by molar-refractivity contribution is 0.0925. The van der Waals surface area contributed by atoms with Gasteiger partial charge in [-0.2, -0.15) is 0 Å². The summed E-state index contributed by atoms with van der Waals surface area (Å²) in [5, 5.41) is 2.30. The molecule has 6 nitrogen and oxygen atoms in total. The minimum atomic E-state index is 0.224. The van der Waals surface area contributed by atoms with Crippen molar-refractivity contribution in [3.8, 4) is 34.0 Å². The fourth-order valence-electron chi connectivity index (χ4n) is 5.15. The molecule has 1 unspecified atom stereocenters. The Balaban J connectivity index is 1.33. The van der Waals surface area contributed by atoms with Crippen LogP contribution >= 0.6 is 0 Å². The number of ether oxygens (including phenoxy) is 3. The van der Waals surface area contributed by atoms with Gasteiger partial charge in [0, 0.05) is 29.9 Å². The molecule has 0 bridgehead atoms. The number of benzene rings is 3. The highest BCUT2D eigenvalue weighted by Gasteiger charge is 2.30. The predicted octanol–water partition coefficient (Wildman–Crippen LogP) is 6.49. The number of nitrogens with zero attached hydrogens (tertiary/aromatic N) is 3. The van der Waals surface area contributed by atoms with Gasteiger partial charge in [-0.05, 0) is 65.2 Å². The molecule has 0 saturated carbocycles. The molecule has 0 saturated heterocycles. The summed E-state index contributed by atoms with van der Waals surface area (Å²) in [4.78, 5) is 9.41. The quantitative estimate of drug-likeness (QED) is 0.248. The van der Waals surface area contributed by atoms with Gasteiger partial charge in [-0.3, -0.25) is 4.98 Å². The molecule has 0 aliphatic carbocycles. The number of imidazole rings is 1. The molecule has 186 valence electrons. The Labute approximate surface area is 216 Å². The maximum Gasteiger partial charge on any atom is 0.119 e. The van der Waals surface area contributed by atoms with Crippen LogP contribution in [0.4, 0.5) is 0 Å². The molecular formula is C31H29N3O3. The van der Waals surface area contributed by atoms with Gasteiger partial charge in [0.15, 0.2) is 0 Å². The average Bonchev–Trinajstić information content (AvgIpc) is 3.53. The summed E-state index contributed by atoms with van der Waals surface area (Å²) in [6, 6.07) is 25.1. The normalized spacial score (nSPS) is 14.6. The summed E-state index contributed by atoms with van der Waals surface area (Å²) in [7, 11) is 3.37. The molecule has 1 atom stereocenters. The molecule has 3 aromatic carbocycles. The number of aryl methyl sites for hydroxylation is 1. The topological polar surface area (TPSA) is 58.4 Å². The summed E-state index contributed by atoms with van der Waals surface area (Å²) in [5.41, 5.74) is 5.47. The van der Waals surface area contributed by atoms with Gasteiger partial charge in [0.25, 0.3) is 0 Å². The minimum absolute atomic E-state index is 0.224. The summed E-state index contributed by atoms with van der Waals surface area (Å²) in [6.07, 6.45) is 5.63. The summed E-state index contributed by atoms with van der Waals surface area (Å²) in [5.74, 6) is 2.82. The first-order valence-electron chi connectivity index (χ1n) is 12.5. The smallest absolute Gasteiger partial charge is 0.119 e. The number of pyridine rings is 1. The second-order valence-electron chi connectivity index (χ2n) is 9.31. The van der Waals surface area contributed by atoms with Gasteiger partial charge in [0.1, 0.15) is 17.3 Å². The van der Waals surface area contributed by atoms with Crippen molar-refractivity contribution in [3.63, 3.8) is 0 Å². The molecule has 0 radical (unpaired) electrons. The molecule has 2 aromatic heterocycles. The molecule has 0 fully saturated rings. The molecule has 0 spiro atoms. The van der Waals surface area contributed by atoms with Crippen LogP contribution in [0.1, 0.15) is 23.9 Å². The Morgan fingerprint density at radius 3 is 2.32 bits per heavy atom. The Morgan fingerprint density at radius 2 is 1.54 bits per heavy atom. The third kappa shape index (κ3) is 4.56. The van der Waals surface area contributed by atoms with Crippen molar-refractivity contribution in [2.45, 2.75) is 25.5 Å². The van der Waals surface area contributed by atoms with Gasteiger partial charge in [0.2, 0.25) is 0 Å². The van der Waals surface area contributed by atoms with E-state index in [1.165, 1.54) is 0 Å². The monoisotopic (exact) mass is 491 g/mol. The van der Waals surface area contributed by atoms with Gasteiger partial charge in [-0.1, -0.05) is 30.3 Å². The van der Waals surface area contributed by atoms with E-state index in [9.17, 15) is 0 Å². The molecule has 3 heterocycles. The van der Waals surface area contributed by atoms with Gasteiger partial charge in [-0.25, -0.2) is 4.98 Å². The molecule has 0 amide bonds. The molecule has 1 aliphatic rings. The Morgan fingerprint density at radius 1 is 0.811 bits per heavy atom. The predicted molar refractivity (Wildman–Crippen MR) is 145 cm³/mol. The van der Waals surface area contributed by atoms with E-state index in [4.69, 9.17) is 19.2 Å². The Hall–Kier alpha value is -4.16. The zero-order chi connectivity index (χ0) is 25.2. The molecule has 1 aliphatic heterocycles. The van der Waals surface area contributed by atoms with Crippen molar-refractivity contribution in [3.05, 3.63) is 96.6 Å². The number of hydrogen-bond acceptors (Lipinski definition) is 5. The van der Waals surface area contributed by atoms with E-state index in [-0.39, 0.29) is 6.04 Å². The van der Waals surface area contributed by atoms with Gasteiger partial charge in [-0.15, -0.1) is 0 Å². The maximum atomic E-state index is 6.21. The number of rotatable bonds is 8. The van der Waals surface area contributed by atoms with Crippen LogP contribution < -0.4 is 9.47 Å². The van der Waals surface area contributed by atoms with Crippen LogP contribution in [0.2, 0.25) is 0 Å². The molecule has 0 N–H and O–H groups in total. The molecule has 37 heavy (non-hydrogen) atoms. The lowest BCUT2D eigenvalue weighted by atomic mass is 10.0. The van der Waals surface area contributed by atoms with Crippen molar-refractivity contribution in [1.82, 2.24) is 14.5 Å². The van der Waals surface area contributed by atoms with E-state index in [2.05, 4.69) is 52.0 Å². The third-order valence-electron chi connectivity index (χ3n) is 7.06. The van der Waals surface area contributed by atoms with Crippen LogP contribution in [-0.4, -0.2) is 35.4 Å². The van der Waals surface area contributed by atoms with Gasteiger partial charge >= 0.3 is 0 Å². The summed E-state index contributed by atoms with van der Waals surface area (Å²) in [6.45, 7) is 1.19. The highest BCUT2D eigenvalue weighted by Crippen LogP contribution is 2.40. The summed E-state index contributed by atoms with van der Waals surface area (Å²) >= 11 is 0. The van der Waals surface area contributed by atoms with Gasteiger partial charge in [0.05, 0.1) is 44.9 Å². The fourth-order valence-corrected chi connectivity index (χ4v) is 5.15. The summed E-state index contributed by atoms with van der Waals surface area (Å²) < 4.78 is 19.3. The maximum absolute atomic E-state index is 6.21. The van der Waals surface area contributed by atoms with Crippen LogP contribution in [0.3, 0.4) is 0 Å². The minimum Gasteiger partial charge on any atom is -0.497 e. The first-order chi connectivity index (χ1) is 18.2. The number of hydrogen-bond donors (Lipinski definition) is 0. The molecular weight excluding hydrogens is 462 g/mol. The van der Waals surface area contributed by atoms with E-state index < -0.39 is 0 Å². The van der Waals surface area contributed by atoms with Crippen LogP contribution in [0.5, 0.6) is 11.5 Å². The zero-order valence-electron chi connectivity index (χ0n) is 21.1. The third-order valence-corrected chi connectivity index (χ3v) is 7.06. The Kier molecular flexibility index (Phi) is 6.33. The van der Waals surface area contributed by atoms with Crippen LogP contribution in [-0.2, 0) is 17.8 Å². The fraction of sp³-hybridized carbons (Fsp3) is 0.226. The second-order valence-corrected chi connectivity index (χ2v) is 9.31. The van der Waals surface area contributed by atoms with Crippen molar-refractivity contribution < 1.29 is 14.2 Å². The van der Waals surface area contributed by atoms with E-state index in [1.807, 2.05) is 42.7 Å². The Bertz CT molecular complexity index is 1530. The lowest BCUT2D eigenvalue weighted by Gasteiger charge is -2.18. The second kappa shape index (κ2) is 10.1. The number of methoxy groups -OCH3 is 2. The number of aromatic nitrogens is 3. The van der Waals surface area contributed by atoms with E-state index in [1.54, 1.807) is 14.2 Å². The van der Waals surface area contributed by atoms with Crippen molar-refractivity contribution in [2.75, 3.05) is 20.8 Å². The highest BCUT2D eigenvalue weighted by molar-refractivity contribution is 5.90. The average molecular weight is 492 g/mol.